The number of nitrogens with one attached hydrogen (secondary N) is 1. The summed E-state index contributed by atoms with van der Waals surface area (Å²) in [7, 11) is 0. The number of urea groups is 1. The van der Waals surface area contributed by atoms with Crippen LogP contribution in [0.2, 0.25) is 0 Å². The summed E-state index contributed by atoms with van der Waals surface area (Å²) in [5, 5.41) is 3.12. The number of nitrogens with zero attached hydrogens (tertiary/aromatic N) is 2. The van der Waals surface area contributed by atoms with Crippen molar-refractivity contribution in [1.29, 1.82) is 0 Å². The molecule has 1 aliphatic carbocycles. The number of carbonyl (C=O) groups is 2. The molecule has 0 aromatic heterocycles. The molecule has 2 fully saturated rings. The second kappa shape index (κ2) is 11.5. The average Bonchev–Trinajstić information content (AvgIpc) is 3.22. The first-order valence-corrected chi connectivity index (χ1v) is 12.5. The van der Waals surface area contributed by atoms with Gasteiger partial charge in [-0.2, -0.15) is 0 Å². The molecule has 2 unspecified atom stereocenters. The summed E-state index contributed by atoms with van der Waals surface area (Å²) in [6, 6.07) is 20.9. The monoisotopic (exact) mass is 447 g/mol. The van der Waals surface area contributed by atoms with E-state index in [0.29, 0.717) is 37.0 Å². The maximum atomic E-state index is 13.0. The van der Waals surface area contributed by atoms with Crippen LogP contribution in [0.1, 0.15) is 56.1 Å². The Morgan fingerprint density at radius 3 is 2.33 bits per heavy atom. The fourth-order valence-corrected chi connectivity index (χ4v) is 5.52. The van der Waals surface area contributed by atoms with Crippen molar-refractivity contribution < 1.29 is 9.59 Å². The molecule has 2 aliphatic rings. The molecular formula is C28H37N3O2. The van der Waals surface area contributed by atoms with E-state index in [0.717, 1.165) is 51.0 Å². The van der Waals surface area contributed by atoms with Crippen molar-refractivity contribution >= 4 is 11.8 Å². The highest BCUT2D eigenvalue weighted by molar-refractivity contribution is 5.82. The summed E-state index contributed by atoms with van der Waals surface area (Å²) in [5.41, 5.74) is 2.42. The number of piperidine rings is 1. The topological polar surface area (TPSA) is 52.7 Å². The van der Waals surface area contributed by atoms with Crippen LogP contribution in [0, 0.1) is 5.92 Å². The maximum absolute atomic E-state index is 13.0. The Balaban J connectivity index is 1.30. The highest BCUT2D eigenvalue weighted by atomic mass is 16.2. The lowest BCUT2D eigenvalue weighted by Gasteiger charge is -2.39. The number of likely N-dealkylation sites (tertiary alicyclic amines) is 1. The van der Waals surface area contributed by atoms with Gasteiger partial charge < -0.3 is 15.1 Å². The van der Waals surface area contributed by atoms with Gasteiger partial charge in [-0.25, -0.2) is 4.79 Å². The molecule has 33 heavy (non-hydrogen) atoms. The molecule has 0 spiro atoms. The van der Waals surface area contributed by atoms with Crippen molar-refractivity contribution in [2.24, 2.45) is 5.92 Å². The molecule has 2 aromatic carbocycles. The first-order chi connectivity index (χ1) is 16.1. The molecule has 176 valence electrons. The van der Waals surface area contributed by atoms with Gasteiger partial charge >= 0.3 is 6.03 Å². The van der Waals surface area contributed by atoms with Crippen LogP contribution in [0.4, 0.5) is 4.79 Å². The molecule has 4 rings (SSSR count). The third-order valence-corrected chi connectivity index (χ3v) is 7.24. The van der Waals surface area contributed by atoms with Crippen molar-refractivity contribution in [2.75, 3.05) is 26.2 Å². The van der Waals surface area contributed by atoms with Crippen LogP contribution in [-0.4, -0.2) is 53.8 Å². The summed E-state index contributed by atoms with van der Waals surface area (Å²) in [5.74, 6) is 1.14. The lowest BCUT2D eigenvalue weighted by atomic mass is 9.88. The fourth-order valence-electron chi connectivity index (χ4n) is 5.52. The quantitative estimate of drug-likeness (QED) is 0.630. The van der Waals surface area contributed by atoms with E-state index in [1.54, 1.807) is 0 Å². The zero-order valence-corrected chi connectivity index (χ0v) is 19.8. The molecule has 1 heterocycles. The molecule has 1 saturated heterocycles. The fraction of sp³-hybridized carbons (Fsp3) is 0.500. The van der Waals surface area contributed by atoms with Crippen molar-refractivity contribution in [3.05, 3.63) is 71.8 Å². The molecular weight excluding hydrogens is 410 g/mol. The Labute approximate surface area is 198 Å². The lowest BCUT2D eigenvalue weighted by molar-refractivity contribution is -0.117. The normalized spacial score (nSPS) is 21.8. The van der Waals surface area contributed by atoms with E-state index in [1.165, 1.54) is 5.56 Å². The zero-order chi connectivity index (χ0) is 23.0. The molecule has 5 heteroatoms. The Hall–Kier alpha value is -2.66. The van der Waals surface area contributed by atoms with Crippen molar-refractivity contribution in [2.45, 2.75) is 57.5 Å². The number of ketones is 1. The van der Waals surface area contributed by atoms with Gasteiger partial charge in [-0.05, 0) is 42.2 Å². The minimum atomic E-state index is 0.0460. The largest absolute Gasteiger partial charge is 0.334 e. The van der Waals surface area contributed by atoms with Gasteiger partial charge in [0.15, 0.2) is 0 Å². The average molecular weight is 448 g/mol. The van der Waals surface area contributed by atoms with Crippen LogP contribution < -0.4 is 5.32 Å². The van der Waals surface area contributed by atoms with E-state index in [-0.39, 0.29) is 12.1 Å². The molecule has 2 atom stereocenters. The lowest BCUT2D eigenvalue weighted by Crippen LogP contribution is -2.51. The highest BCUT2D eigenvalue weighted by Crippen LogP contribution is 2.38. The number of carbonyl (C=O) groups excluding carboxylic acids is 2. The summed E-state index contributed by atoms with van der Waals surface area (Å²) in [6.45, 7) is 6.44. The number of Topliss-reactive ketones (excluding diaryl/α,β-unsaturated/α-hetero) is 1. The molecule has 5 nitrogen and oxygen atoms in total. The Morgan fingerprint density at radius 1 is 1.00 bits per heavy atom. The number of rotatable bonds is 8. The SMILES string of the molecule is CCCN(C(=O)NCc1ccccc1)C1CCN(CC2CC(=O)CC2c2ccccc2)CC1. The predicted molar refractivity (Wildman–Crippen MR) is 132 cm³/mol. The Morgan fingerprint density at radius 2 is 1.67 bits per heavy atom. The van der Waals surface area contributed by atoms with Crippen LogP contribution in [0.3, 0.4) is 0 Å². The van der Waals surface area contributed by atoms with Gasteiger partial charge in [0, 0.05) is 51.6 Å². The number of hydrogen-bond acceptors (Lipinski definition) is 3. The standard InChI is InChI=1S/C28H37N3O2/c1-2-15-31(28(33)29-20-22-9-5-3-6-10-22)25-13-16-30(17-14-25)21-24-18-26(32)19-27(24)23-11-7-4-8-12-23/h3-12,24-25,27H,2,13-21H2,1H3,(H,29,33). The molecule has 1 N–H and O–H groups in total. The third kappa shape index (κ3) is 6.23. The van der Waals surface area contributed by atoms with Crippen LogP contribution in [0.25, 0.3) is 0 Å². The van der Waals surface area contributed by atoms with Gasteiger partial charge in [-0.3, -0.25) is 4.79 Å². The molecule has 2 aromatic rings. The van der Waals surface area contributed by atoms with Gasteiger partial charge in [-0.1, -0.05) is 67.6 Å². The summed E-state index contributed by atoms with van der Waals surface area (Å²) >= 11 is 0. The molecule has 0 bridgehead atoms. The van der Waals surface area contributed by atoms with E-state index in [1.807, 2.05) is 41.3 Å². The minimum absolute atomic E-state index is 0.0460. The second-order valence-corrected chi connectivity index (χ2v) is 9.59. The van der Waals surface area contributed by atoms with Gasteiger partial charge in [0.2, 0.25) is 0 Å². The van der Waals surface area contributed by atoms with Gasteiger partial charge in [0.1, 0.15) is 5.78 Å². The molecule has 1 saturated carbocycles. The summed E-state index contributed by atoms with van der Waals surface area (Å²) < 4.78 is 0. The summed E-state index contributed by atoms with van der Waals surface area (Å²) in [6.07, 6.45) is 4.33. The van der Waals surface area contributed by atoms with Crippen LogP contribution in [0.5, 0.6) is 0 Å². The van der Waals surface area contributed by atoms with Gasteiger partial charge in [0.25, 0.3) is 0 Å². The Kier molecular flexibility index (Phi) is 8.16. The Bertz CT molecular complexity index is 894. The highest BCUT2D eigenvalue weighted by Gasteiger charge is 2.36. The molecule has 2 amide bonds. The zero-order valence-electron chi connectivity index (χ0n) is 19.8. The number of hydrogen-bond donors (Lipinski definition) is 1. The van der Waals surface area contributed by atoms with Crippen LogP contribution >= 0.6 is 0 Å². The van der Waals surface area contributed by atoms with E-state index >= 15 is 0 Å². The van der Waals surface area contributed by atoms with E-state index in [4.69, 9.17) is 0 Å². The smallest absolute Gasteiger partial charge is 0.317 e. The number of benzene rings is 2. The summed E-state index contributed by atoms with van der Waals surface area (Å²) in [4.78, 5) is 29.8. The molecule has 1 aliphatic heterocycles. The first-order valence-electron chi connectivity index (χ1n) is 12.5. The van der Waals surface area contributed by atoms with E-state index in [2.05, 4.69) is 41.4 Å². The van der Waals surface area contributed by atoms with Crippen LogP contribution in [0.15, 0.2) is 60.7 Å². The van der Waals surface area contributed by atoms with E-state index < -0.39 is 0 Å². The van der Waals surface area contributed by atoms with E-state index in [9.17, 15) is 9.59 Å². The van der Waals surface area contributed by atoms with Gasteiger partial charge in [-0.15, -0.1) is 0 Å². The predicted octanol–water partition coefficient (Wildman–Crippen LogP) is 4.84. The number of amides is 2. The first kappa shape index (κ1) is 23.5. The maximum Gasteiger partial charge on any atom is 0.317 e. The van der Waals surface area contributed by atoms with Gasteiger partial charge in [0.05, 0.1) is 0 Å². The van der Waals surface area contributed by atoms with Crippen molar-refractivity contribution in [1.82, 2.24) is 15.1 Å². The van der Waals surface area contributed by atoms with Crippen LogP contribution in [-0.2, 0) is 11.3 Å². The molecule has 0 radical (unpaired) electrons. The minimum Gasteiger partial charge on any atom is -0.334 e. The van der Waals surface area contributed by atoms with Crippen molar-refractivity contribution in [3.8, 4) is 0 Å². The third-order valence-electron chi connectivity index (χ3n) is 7.24. The second-order valence-electron chi connectivity index (χ2n) is 9.59. The van der Waals surface area contributed by atoms with Crippen molar-refractivity contribution in [3.63, 3.8) is 0 Å².